The Morgan fingerprint density at radius 2 is 1.91 bits per heavy atom. The highest BCUT2D eigenvalue weighted by atomic mass is 35.5. The number of carbonyl (C=O) groups excluding carboxylic acids is 1. The van der Waals surface area contributed by atoms with Gasteiger partial charge in [0, 0.05) is 29.4 Å². The van der Waals surface area contributed by atoms with E-state index in [-0.39, 0.29) is 35.8 Å². The van der Waals surface area contributed by atoms with Crippen molar-refractivity contribution in [3.8, 4) is 11.3 Å². The molecule has 1 unspecified atom stereocenters. The molecule has 2 aromatic carbocycles. The lowest BCUT2D eigenvalue weighted by molar-refractivity contribution is 0.147. The molecule has 7 nitrogen and oxygen atoms in total. The molecular formula is C25H27ClF2N4O3. The van der Waals surface area contributed by atoms with Crippen LogP contribution in [0.15, 0.2) is 59.4 Å². The Morgan fingerprint density at radius 1 is 1.14 bits per heavy atom. The zero-order valence-electron chi connectivity index (χ0n) is 19.2. The molecular weight excluding hydrogens is 478 g/mol. The van der Waals surface area contributed by atoms with Crippen molar-refractivity contribution in [3.05, 3.63) is 82.1 Å². The number of likely N-dealkylation sites (tertiary alicyclic amines) is 1. The number of halogens is 3. The summed E-state index contributed by atoms with van der Waals surface area (Å²) in [5.41, 5.74) is 1.37. The largest absolute Gasteiger partial charge is 0.449 e. The molecule has 1 atom stereocenters. The lowest BCUT2D eigenvalue weighted by Crippen LogP contribution is -2.27. The molecule has 3 aromatic rings. The van der Waals surface area contributed by atoms with Gasteiger partial charge in [-0.15, -0.1) is 12.4 Å². The zero-order chi connectivity index (χ0) is 24.1. The van der Waals surface area contributed by atoms with E-state index in [0.29, 0.717) is 23.9 Å². The van der Waals surface area contributed by atoms with Crippen molar-refractivity contribution in [3.63, 3.8) is 0 Å². The third-order valence-electron chi connectivity index (χ3n) is 5.89. The van der Waals surface area contributed by atoms with Crippen LogP contribution in [0.1, 0.15) is 24.8 Å². The third-order valence-corrected chi connectivity index (χ3v) is 5.89. The summed E-state index contributed by atoms with van der Waals surface area (Å²) < 4.78 is 33.7. The van der Waals surface area contributed by atoms with Crippen LogP contribution in [0.3, 0.4) is 0 Å². The molecule has 0 saturated carbocycles. The summed E-state index contributed by atoms with van der Waals surface area (Å²) in [5.74, 6) is -1.45. The predicted octanol–water partition coefficient (Wildman–Crippen LogP) is 4.69. The Balaban J connectivity index is 0.00000342. The Labute approximate surface area is 208 Å². The standard InChI is InChI=1S/C25H26F2N4O3.ClH/c1-30-10-3-6-22(30)9-11-34-25(33)28-21-5-2-4-17(12-21)16-31-24(32)8-7-23(29-31)18-13-19(26)15-20(27)14-18;/h2,4-5,7-8,12-15,22H,3,6,9-11,16H2,1H3,(H,28,33);1H. The number of benzene rings is 2. The van der Waals surface area contributed by atoms with Gasteiger partial charge in [-0.3, -0.25) is 10.1 Å². The molecule has 1 fully saturated rings. The molecule has 0 radical (unpaired) electrons. The second-order valence-electron chi connectivity index (χ2n) is 8.40. The SMILES string of the molecule is CN1CCCC1CCOC(=O)Nc1cccc(Cn2nc(-c3cc(F)cc(F)c3)ccc2=O)c1.Cl. The molecule has 2 heterocycles. The maximum Gasteiger partial charge on any atom is 0.411 e. The monoisotopic (exact) mass is 504 g/mol. The molecule has 0 spiro atoms. The zero-order valence-corrected chi connectivity index (χ0v) is 20.1. The molecule has 0 bridgehead atoms. The number of nitrogens with zero attached hydrogens (tertiary/aromatic N) is 3. The average Bonchev–Trinajstić information content (AvgIpc) is 3.19. The number of hydrogen-bond donors (Lipinski definition) is 1. The summed E-state index contributed by atoms with van der Waals surface area (Å²) in [6.07, 6.45) is 2.54. The van der Waals surface area contributed by atoms with E-state index in [1.54, 1.807) is 24.3 Å². The van der Waals surface area contributed by atoms with E-state index in [1.807, 2.05) is 0 Å². The topological polar surface area (TPSA) is 76.5 Å². The van der Waals surface area contributed by atoms with Gasteiger partial charge in [-0.2, -0.15) is 5.10 Å². The van der Waals surface area contributed by atoms with Crippen molar-refractivity contribution in [1.82, 2.24) is 14.7 Å². The Morgan fingerprint density at radius 3 is 2.63 bits per heavy atom. The first kappa shape index (κ1) is 26.3. The third kappa shape index (κ3) is 7.10. The van der Waals surface area contributed by atoms with Crippen LogP contribution in [0.5, 0.6) is 0 Å². The van der Waals surface area contributed by atoms with E-state index in [4.69, 9.17) is 4.74 Å². The van der Waals surface area contributed by atoms with Crippen LogP contribution in [0, 0.1) is 11.6 Å². The van der Waals surface area contributed by atoms with Gasteiger partial charge in [-0.25, -0.2) is 18.3 Å². The number of hydrogen-bond acceptors (Lipinski definition) is 5. The van der Waals surface area contributed by atoms with Crippen molar-refractivity contribution in [2.24, 2.45) is 0 Å². The van der Waals surface area contributed by atoms with Crippen LogP contribution in [0.4, 0.5) is 19.3 Å². The van der Waals surface area contributed by atoms with E-state index < -0.39 is 17.7 Å². The molecule has 1 aliphatic heterocycles. The lowest BCUT2D eigenvalue weighted by Gasteiger charge is -2.18. The number of ether oxygens (including phenoxy) is 1. The smallest absolute Gasteiger partial charge is 0.411 e. The fraction of sp³-hybridized carbons (Fsp3) is 0.320. The first-order chi connectivity index (χ1) is 16.4. The molecule has 1 amide bonds. The number of nitrogens with one attached hydrogen (secondary N) is 1. The number of rotatable bonds is 7. The van der Waals surface area contributed by atoms with Gasteiger partial charge in [-0.1, -0.05) is 12.1 Å². The summed E-state index contributed by atoms with van der Waals surface area (Å²) in [6, 6.07) is 13.2. The minimum Gasteiger partial charge on any atom is -0.449 e. The highest BCUT2D eigenvalue weighted by molar-refractivity contribution is 5.85. The van der Waals surface area contributed by atoms with Crippen molar-refractivity contribution in [1.29, 1.82) is 0 Å². The van der Waals surface area contributed by atoms with Crippen molar-refractivity contribution in [2.75, 3.05) is 25.5 Å². The predicted molar refractivity (Wildman–Crippen MR) is 132 cm³/mol. The van der Waals surface area contributed by atoms with Gasteiger partial charge >= 0.3 is 6.09 Å². The number of anilines is 1. The van der Waals surface area contributed by atoms with Crippen LogP contribution in [0.25, 0.3) is 11.3 Å². The van der Waals surface area contributed by atoms with Crippen LogP contribution >= 0.6 is 12.4 Å². The van der Waals surface area contributed by atoms with Crippen molar-refractivity contribution < 1.29 is 18.3 Å². The minimum atomic E-state index is -0.726. The van der Waals surface area contributed by atoms with E-state index in [9.17, 15) is 18.4 Å². The van der Waals surface area contributed by atoms with Gasteiger partial charge in [0.1, 0.15) is 11.6 Å². The first-order valence-electron chi connectivity index (χ1n) is 11.1. The van der Waals surface area contributed by atoms with Crippen LogP contribution in [-0.4, -0.2) is 47.0 Å². The van der Waals surface area contributed by atoms with Crippen molar-refractivity contribution >= 4 is 24.2 Å². The number of carbonyl (C=O) groups is 1. The van der Waals surface area contributed by atoms with Gasteiger partial charge in [0.25, 0.3) is 5.56 Å². The van der Waals surface area contributed by atoms with Gasteiger partial charge in [0.2, 0.25) is 0 Å². The van der Waals surface area contributed by atoms with Gasteiger partial charge in [0.05, 0.1) is 18.8 Å². The van der Waals surface area contributed by atoms with Gasteiger partial charge < -0.3 is 9.64 Å². The summed E-state index contributed by atoms with van der Waals surface area (Å²) in [4.78, 5) is 26.8. The molecule has 186 valence electrons. The first-order valence-corrected chi connectivity index (χ1v) is 11.1. The number of aromatic nitrogens is 2. The maximum absolute atomic E-state index is 13.6. The molecule has 1 N–H and O–H groups in total. The molecule has 10 heteroatoms. The van der Waals surface area contributed by atoms with E-state index in [2.05, 4.69) is 22.4 Å². The van der Waals surface area contributed by atoms with Crippen LogP contribution in [0.2, 0.25) is 0 Å². The summed E-state index contributed by atoms with van der Waals surface area (Å²) in [6.45, 7) is 1.53. The highest BCUT2D eigenvalue weighted by Crippen LogP contribution is 2.20. The number of amides is 1. The van der Waals surface area contributed by atoms with E-state index in [1.165, 1.54) is 23.2 Å². The molecule has 35 heavy (non-hydrogen) atoms. The van der Waals surface area contributed by atoms with Crippen LogP contribution < -0.4 is 10.9 Å². The Hall–Kier alpha value is -3.30. The average molecular weight is 505 g/mol. The summed E-state index contributed by atoms with van der Waals surface area (Å²) in [5, 5.41) is 6.95. The van der Waals surface area contributed by atoms with Crippen LogP contribution in [-0.2, 0) is 11.3 Å². The van der Waals surface area contributed by atoms with Gasteiger partial charge in [0.15, 0.2) is 0 Å². The molecule has 1 aliphatic rings. The van der Waals surface area contributed by atoms with Crippen molar-refractivity contribution in [2.45, 2.75) is 31.8 Å². The Kier molecular flexibility index (Phi) is 8.95. The fourth-order valence-electron chi connectivity index (χ4n) is 4.12. The molecule has 0 aliphatic carbocycles. The minimum absolute atomic E-state index is 0. The molecule has 1 aromatic heterocycles. The second kappa shape index (κ2) is 11.9. The Bertz CT molecular complexity index is 1220. The second-order valence-corrected chi connectivity index (χ2v) is 8.40. The quantitative estimate of drug-likeness (QED) is 0.505. The van der Waals surface area contributed by atoms with E-state index in [0.717, 1.165) is 37.6 Å². The molecule has 1 saturated heterocycles. The van der Waals surface area contributed by atoms with Gasteiger partial charge in [-0.05, 0) is 68.8 Å². The highest BCUT2D eigenvalue weighted by Gasteiger charge is 2.20. The lowest BCUT2D eigenvalue weighted by atomic mass is 10.1. The summed E-state index contributed by atoms with van der Waals surface area (Å²) >= 11 is 0. The maximum atomic E-state index is 13.6. The molecule has 4 rings (SSSR count). The van der Waals surface area contributed by atoms with E-state index >= 15 is 0 Å². The summed E-state index contributed by atoms with van der Waals surface area (Å²) in [7, 11) is 2.08. The fourth-order valence-corrected chi connectivity index (χ4v) is 4.12. The normalized spacial score (nSPS) is 15.5.